The van der Waals surface area contributed by atoms with Gasteiger partial charge in [0.1, 0.15) is 5.75 Å². The molecule has 0 aliphatic heterocycles. The second kappa shape index (κ2) is 8.40. The van der Waals surface area contributed by atoms with E-state index in [-0.39, 0.29) is 6.10 Å². The normalized spacial score (nSPS) is 22.5. The van der Waals surface area contributed by atoms with E-state index in [1.165, 1.54) is 31.2 Å². The van der Waals surface area contributed by atoms with Gasteiger partial charge in [0.2, 0.25) is 0 Å². The first-order chi connectivity index (χ1) is 10.2. The lowest BCUT2D eigenvalue weighted by Crippen LogP contribution is -2.32. The molecule has 1 aliphatic rings. The lowest BCUT2D eigenvalue weighted by Gasteiger charge is -2.30. The van der Waals surface area contributed by atoms with Crippen LogP contribution in [0.15, 0.2) is 24.3 Å². The summed E-state index contributed by atoms with van der Waals surface area (Å²) in [6, 6.07) is 8.23. The molecular weight excluding hydrogens is 262 g/mol. The Morgan fingerprint density at radius 2 is 1.90 bits per heavy atom. The Labute approximate surface area is 128 Å². The predicted octanol–water partition coefficient (Wildman–Crippen LogP) is 3.36. The van der Waals surface area contributed by atoms with Gasteiger partial charge in [0.15, 0.2) is 0 Å². The van der Waals surface area contributed by atoms with Crippen molar-refractivity contribution in [1.82, 2.24) is 5.32 Å². The van der Waals surface area contributed by atoms with Crippen molar-refractivity contribution in [3.8, 4) is 5.75 Å². The summed E-state index contributed by atoms with van der Waals surface area (Å²) < 4.78 is 5.85. The predicted molar refractivity (Wildman–Crippen MR) is 86.4 cm³/mol. The number of aliphatic hydroxyl groups excluding tert-OH is 1. The number of hydrogen-bond donors (Lipinski definition) is 2. The number of hydrogen-bond acceptors (Lipinski definition) is 3. The molecule has 0 bridgehead atoms. The number of para-hydroxylation sites is 1. The van der Waals surface area contributed by atoms with Crippen LogP contribution in [0.3, 0.4) is 0 Å². The Bertz CT molecular complexity index is 419. The molecule has 2 unspecified atom stereocenters. The maximum atomic E-state index is 9.47. The summed E-state index contributed by atoms with van der Waals surface area (Å²) in [5.41, 5.74) is 1.21. The van der Waals surface area contributed by atoms with E-state index in [2.05, 4.69) is 31.3 Å². The summed E-state index contributed by atoms with van der Waals surface area (Å²) in [5.74, 6) is 2.07. The van der Waals surface area contributed by atoms with Gasteiger partial charge in [-0.2, -0.15) is 0 Å². The lowest BCUT2D eigenvalue weighted by molar-refractivity contribution is 0.133. The summed E-state index contributed by atoms with van der Waals surface area (Å²) in [4.78, 5) is 0. The van der Waals surface area contributed by atoms with Gasteiger partial charge in [0, 0.05) is 18.7 Å². The van der Waals surface area contributed by atoms with E-state index in [0.29, 0.717) is 18.4 Å². The third-order valence-corrected chi connectivity index (χ3v) is 4.36. The van der Waals surface area contributed by atoms with Crippen LogP contribution < -0.4 is 10.1 Å². The molecule has 3 heteroatoms. The molecule has 2 atom stereocenters. The Morgan fingerprint density at radius 3 is 2.62 bits per heavy atom. The minimum Gasteiger partial charge on any atom is -0.491 e. The topological polar surface area (TPSA) is 41.5 Å². The first-order valence-corrected chi connectivity index (χ1v) is 8.27. The fraction of sp³-hybridized carbons (Fsp3) is 0.667. The minimum absolute atomic E-state index is 0.197. The van der Waals surface area contributed by atoms with Gasteiger partial charge in [0.05, 0.1) is 6.10 Å². The minimum atomic E-state index is 0.197. The molecule has 0 saturated heterocycles. The fourth-order valence-electron chi connectivity index (χ4n) is 3.20. The van der Waals surface area contributed by atoms with Crippen molar-refractivity contribution in [3.63, 3.8) is 0 Å². The molecule has 2 rings (SSSR count). The van der Waals surface area contributed by atoms with Gasteiger partial charge in [0.25, 0.3) is 0 Å². The van der Waals surface area contributed by atoms with Crippen LogP contribution in [0.5, 0.6) is 5.75 Å². The van der Waals surface area contributed by atoms with Crippen LogP contribution in [-0.2, 0) is 6.54 Å². The highest BCUT2D eigenvalue weighted by Crippen LogP contribution is 2.29. The maximum absolute atomic E-state index is 9.47. The molecule has 3 nitrogen and oxygen atoms in total. The summed E-state index contributed by atoms with van der Waals surface area (Å²) in [7, 11) is 0. The van der Waals surface area contributed by atoms with Crippen LogP contribution in [-0.4, -0.2) is 24.4 Å². The third-order valence-electron chi connectivity index (χ3n) is 4.36. The van der Waals surface area contributed by atoms with Crippen molar-refractivity contribution >= 4 is 0 Å². The summed E-state index contributed by atoms with van der Waals surface area (Å²) in [6.45, 7) is 6.26. The first-order valence-electron chi connectivity index (χ1n) is 8.27. The highest BCUT2D eigenvalue weighted by Gasteiger charge is 2.23. The van der Waals surface area contributed by atoms with Gasteiger partial charge in [-0.15, -0.1) is 0 Å². The van der Waals surface area contributed by atoms with Crippen LogP contribution in [0.2, 0.25) is 0 Å². The maximum Gasteiger partial charge on any atom is 0.124 e. The van der Waals surface area contributed by atoms with Crippen LogP contribution >= 0.6 is 0 Å². The standard InChI is InChI=1S/C18H29NO2/c1-14(2)21-18-10-6-5-8-16(18)12-19-11-15-7-3-4-9-17(15)13-20/h5-6,8,10,14-15,17,19-20H,3-4,7,9,11-13H2,1-2H3. The highest BCUT2D eigenvalue weighted by atomic mass is 16.5. The highest BCUT2D eigenvalue weighted by molar-refractivity contribution is 5.33. The van der Waals surface area contributed by atoms with Crippen molar-refractivity contribution in [2.45, 2.75) is 52.2 Å². The van der Waals surface area contributed by atoms with Crippen molar-refractivity contribution in [2.75, 3.05) is 13.2 Å². The third kappa shape index (κ3) is 5.01. The largest absolute Gasteiger partial charge is 0.491 e. The Hall–Kier alpha value is -1.06. The smallest absolute Gasteiger partial charge is 0.124 e. The molecule has 0 amide bonds. The van der Waals surface area contributed by atoms with Crippen LogP contribution in [0.25, 0.3) is 0 Å². The van der Waals surface area contributed by atoms with Crippen LogP contribution in [0, 0.1) is 11.8 Å². The van der Waals surface area contributed by atoms with Gasteiger partial charge in [-0.05, 0) is 51.1 Å². The molecule has 1 aromatic rings. The first kappa shape index (κ1) is 16.3. The van der Waals surface area contributed by atoms with Crippen LogP contribution in [0.1, 0.15) is 45.1 Å². The quantitative estimate of drug-likeness (QED) is 0.809. The second-order valence-corrected chi connectivity index (χ2v) is 6.39. The van der Waals surface area contributed by atoms with Gasteiger partial charge in [-0.3, -0.25) is 0 Å². The molecule has 0 spiro atoms. The summed E-state index contributed by atoms with van der Waals surface area (Å²) in [6.07, 6.45) is 5.18. The van der Waals surface area contributed by atoms with Crippen molar-refractivity contribution < 1.29 is 9.84 Å². The average molecular weight is 291 g/mol. The molecule has 1 fully saturated rings. The zero-order valence-corrected chi connectivity index (χ0v) is 13.3. The molecule has 2 N–H and O–H groups in total. The molecule has 1 aromatic carbocycles. The van der Waals surface area contributed by atoms with E-state index < -0.39 is 0 Å². The van der Waals surface area contributed by atoms with E-state index in [0.717, 1.165) is 18.8 Å². The number of benzene rings is 1. The SMILES string of the molecule is CC(C)Oc1ccccc1CNCC1CCCCC1CO. The molecule has 21 heavy (non-hydrogen) atoms. The average Bonchev–Trinajstić information content (AvgIpc) is 2.49. The van der Waals surface area contributed by atoms with Gasteiger partial charge < -0.3 is 15.2 Å². The zero-order chi connectivity index (χ0) is 15.1. The van der Waals surface area contributed by atoms with Crippen molar-refractivity contribution in [3.05, 3.63) is 29.8 Å². The Kier molecular flexibility index (Phi) is 6.52. The zero-order valence-electron chi connectivity index (χ0n) is 13.3. The van der Waals surface area contributed by atoms with E-state index in [1.807, 2.05) is 12.1 Å². The van der Waals surface area contributed by atoms with E-state index in [9.17, 15) is 5.11 Å². The molecule has 118 valence electrons. The molecule has 0 radical (unpaired) electrons. The number of aliphatic hydroxyl groups is 1. The van der Waals surface area contributed by atoms with E-state index >= 15 is 0 Å². The molecule has 1 saturated carbocycles. The van der Waals surface area contributed by atoms with Crippen molar-refractivity contribution in [2.24, 2.45) is 11.8 Å². The van der Waals surface area contributed by atoms with Gasteiger partial charge >= 0.3 is 0 Å². The number of ether oxygens (including phenoxy) is 1. The van der Waals surface area contributed by atoms with Crippen LogP contribution in [0.4, 0.5) is 0 Å². The van der Waals surface area contributed by atoms with Crippen molar-refractivity contribution in [1.29, 1.82) is 0 Å². The van der Waals surface area contributed by atoms with Gasteiger partial charge in [-0.25, -0.2) is 0 Å². The molecule has 1 aliphatic carbocycles. The van der Waals surface area contributed by atoms with E-state index in [1.54, 1.807) is 0 Å². The van der Waals surface area contributed by atoms with E-state index in [4.69, 9.17) is 4.74 Å². The Balaban J connectivity index is 1.85. The Morgan fingerprint density at radius 1 is 1.19 bits per heavy atom. The molecule has 0 heterocycles. The number of nitrogens with one attached hydrogen (secondary N) is 1. The fourth-order valence-corrected chi connectivity index (χ4v) is 3.20. The summed E-state index contributed by atoms with van der Waals surface area (Å²) >= 11 is 0. The second-order valence-electron chi connectivity index (χ2n) is 6.39. The molecule has 0 aromatic heterocycles. The molecular formula is C18H29NO2. The summed E-state index contributed by atoms with van der Waals surface area (Å²) in [5, 5.41) is 13.0. The number of rotatable bonds is 7. The lowest BCUT2D eigenvalue weighted by atomic mass is 9.79. The van der Waals surface area contributed by atoms with Gasteiger partial charge in [-0.1, -0.05) is 31.0 Å². The monoisotopic (exact) mass is 291 g/mol.